The number of nitrogens with one attached hydrogen (secondary N) is 1. The van der Waals surface area contributed by atoms with Crippen molar-refractivity contribution < 1.29 is 0 Å². The van der Waals surface area contributed by atoms with Gasteiger partial charge in [-0.25, -0.2) is 4.98 Å². The molecule has 0 radical (unpaired) electrons. The Morgan fingerprint density at radius 1 is 1.33 bits per heavy atom. The molecule has 1 N–H and O–H groups in total. The van der Waals surface area contributed by atoms with E-state index in [0.717, 1.165) is 17.0 Å². The van der Waals surface area contributed by atoms with E-state index in [2.05, 4.69) is 30.9 Å². The van der Waals surface area contributed by atoms with E-state index >= 15 is 0 Å². The van der Waals surface area contributed by atoms with E-state index in [-0.39, 0.29) is 16.9 Å². The summed E-state index contributed by atoms with van der Waals surface area (Å²) in [6.45, 7) is 12.3. The summed E-state index contributed by atoms with van der Waals surface area (Å²) in [5.41, 5.74) is 2.50. The number of hydrogen-bond donors (Lipinski definition) is 1. The molecule has 98 valence electrons. The van der Waals surface area contributed by atoms with E-state index in [0.29, 0.717) is 5.65 Å². The Hall–Kier alpha value is -1.58. The molecule has 0 spiro atoms. The summed E-state index contributed by atoms with van der Waals surface area (Å²) < 4.78 is 1.56. The Morgan fingerprint density at radius 3 is 2.44 bits per heavy atom. The number of aryl methyl sites for hydroxylation is 1. The van der Waals surface area contributed by atoms with Crippen molar-refractivity contribution in [2.75, 3.05) is 0 Å². The van der Waals surface area contributed by atoms with E-state index in [4.69, 9.17) is 0 Å². The van der Waals surface area contributed by atoms with Gasteiger partial charge in [0, 0.05) is 11.0 Å². The van der Waals surface area contributed by atoms with E-state index in [9.17, 15) is 4.79 Å². The molecule has 0 saturated carbocycles. The van der Waals surface area contributed by atoms with Crippen molar-refractivity contribution in [3.63, 3.8) is 0 Å². The first-order chi connectivity index (χ1) is 8.21. The molecule has 4 heteroatoms. The van der Waals surface area contributed by atoms with Gasteiger partial charge in [0.05, 0.1) is 0 Å². The van der Waals surface area contributed by atoms with Gasteiger partial charge in [0.15, 0.2) is 5.65 Å². The van der Waals surface area contributed by atoms with Crippen molar-refractivity contribution in [3.05, 3.63) is 33.4 Å². The van der Waals surface area contributed by atoms with Crippen molar-refractivity contribution in [2.45, 2.75) is 52.9 Å². The summed E-state index contributed by atoms with van der Waals surface area (Å²) in [6.07, 6.45) is 0. The lowest BCUT2D eigenvalue weighted by atomic mass is 9.96. The number of pyridine rings is 1. The average Bonchev–Trinajstić information content (AvgIpc) is 2.60. The highest BCUT2D eigenvalue weighted by Gasteiger charge is 2.20. The fourth-order valence-electron chi connectivity index (χ4n) is 2.20. The molecule has 0 fully saturated rings. The van der Waals surface area contributed by atoms with Crippen LogP contribution in [0.5, 0.6) is 0 Å². The van der Waals surface area contributed by atoms with Crippen LogP contribution in [0.2, 0.25) is 0 Å². The van der Waals surface area contributed by atoms with Gasteiger partial charge in [-0.05, 0) is 24.5 Å². The largest absolute Gasteiger partial charge is 0.276 e. The third-order valence-corrected chi connectivity index (χ3v) is 3.16. The van der Waals surface area contributed by atoms with Crippen LogP contribution in [0.3, 0.4) is 0 Å². The monoisotopic (exact) mass is 247 g/mol. The first-order valence-corrected chi connectivity index (χ1v) is 6.34. The molecule has 2 aromatic heterocycles. The minimum atomic E-state index is -0.0929. The third kappa shape index (κ3) is 1.96. The van der Waals surface area contributed by atoms with Gasteiger partial charge in [-0.1, -0.05) is 34.6 Å². The van der Waals surface area contributed by atoms with Crippen LogP contribution in [-0.2, 0) is 5.41 Å². The van der Waals surface area contributed by atoms with E-state index in [1.807, 2.05) is 26.8 Å². The molecule has 0 saturated heterocycles. The van der Waals surface area contributed by atoms with E-state index in [1.165, 1.54) is 0 Å². The SMILES string of the molecule is Cc1cc2nc(C(C)(C)C)[nH]n2c(=O)c1C(C)C. The second-order valence-electron chi connectivity index (χ2n) is 6.22. The quantitative estimate of drug-likeness (QED) is 0.842. The second-order valence-corrected chi connectivity index (χ2v) is 6.22. The van der Waals surface area contributed by atoms with Crippen LogP contribution >= 0.6 is 0 Å². The van der Waals surface area contributed by atoms with Gasteiger partial charge in [0.1, 0.15) is 5.82 Å². The topological polar surface area (TPSA) is 50.2 Å². The fourth-order valence-corrected chi connectivity index (χ4v) is 2.20. The molecule has 2 aromatic rings. The maximum Gasteiger partial charge on any atom is 0.274 e. The molecule has 0 aromatic carbocycles. The average molecular weight is 247 g/mol. The molecule has 4 nitrogen and oxygen atoms in total. The summed E-state index contributed by atoms with van der Waals surface area (Å²) in [5, 5.41) is 3.12. The van der Waals surface area contributed by atoms with Crippen molar-refractivity contribution >= 4 is 5.65 Å². The number of aromatic nitrogens is 3. The van der Waals surface area contributed by atoms with Crippen LogP contribution in [0.25, 0.3) is 5.65 Å². The van der Waals surface area contributed by atoms with Crippen LogP contribution in [0.4, 0.5) is 0 Å². The van der Waals surface area contributed by atoms with Gasteiger partial charge >= 0.3 is 0 Å². The molecule has 0 unspecified atom stereocenters. The summed E-state index contributed by atoms with van der Waals surface area (Å²) in [7, 11) is 0. The summed E-state index contributed by atoms with van der Waals surface area (Å²) in [5.74, 6) is 1.05. The van der Waals surface area contributed by atoms with Gasteiger partial charge in [-0.15, -0.1) is 0 Å². The Kier molecular flexibility index (Phi) is 2.84. The highest BCUT2D eigenvalue weighted by molar-refractivity contribution is 5.44. The van der Waals surface area contributed by atoms with Gasteiger partial charge in [0.2, 0.25) is 0 Å². The zero-order valence-electron chi connectivity index (χ0n) is 12.0. The number of hydrogen-bond acceptors (Lipinski definition) is 2. The molecule has 0 aliphatic rings. The predicted molar refractivity (Wildman–Crippen MR) is 73.3 cm³/mol. The first kappa shape index (κ1) is 12.9. The number of H-pyrrole nitrogens is 1. The lowest BCUT2D eigenvalue weighted by Gasteiger charge is -2.13. The van der Waals surface area contributed by atoms with Gasteiger partial charge in [-0.2, -0.15) is 4.52 Å². The smallest absolute Gasteiger partial charge is 0.274 e. The lowest BCUT2D eigenvalue weighted by Crippen LogP contribution is -2.22. The highest BCUT2D eigenvalue weighted by Crippen LogP contribution is 2.20. The highest BCUT2D eigenvalue weighted by atomic mass is 16.1. The molecular weight excluding hydrogens is 226 g/mol. The van der Waals surface area contributed by atoms with Crippen LogP contribution < -0.4 is 5.56 Å². The maximum atomic E-state index is 12.4. The van der Waals surface area contributed by atoms with Crippen LogP contribution in [-0.4, -0.2) is 14.6 Å². The summed E-state index contributed by atoms with van der Waals surface area (Å²) in [4.78, 5) is 16.9. The zero-order chi connectivity index (χ0) is 13.7. The molecule has 0 atom stereocenters. The number of nitrogens with zero attached hydrogens (tertiary/aromatic N) is 2. The second kappa shape index (κ2) is 3.97. The number of fused-ring (bicyclic) bond motifs is 1. The Bertz CT molecular complexity index is 641. The van der Waals surface area contributed by atoms with Gasteiger partial charge in [-0.3, -0.25) is 9.89 Å². The fraction of sp³-hybridized carbons (Fsp3) is 0.571. The standard InChI is InChI=1S/C14H21N3O/c1-8(2)11-9(3)7-10-15-13(14(4,5)6)16-17(10)12(11)18/h7-8H,1-6H3,(H,15,16). The molecular formula is C14H21N3O. The Morgan fingerprint density at radius 2 is 1.94 bits per heavy atom. The van der Waals surface area contributed by atoms with Crippen molar-refractivity contribution in [1.29, 1.82) is 0 Å². The number of aromatic amines is 1. The third-order valence-electron chi connectivity index (χ3n) is 3.16. The maximum absolute atomic E-state index is 12.4. The first-order valence-electron chi connectivity index (χ1n) is 6.34. The lowest BCUT2D eigenvalue weighted by molar-refractivity contribution is 0.544. The number of rotatable bonds is 1. The van der Waals surface area contributed by atoms with Crippen LogP contribution in [0.1, 0.15) is 57.5 Å². The zero-order valence-corrected chi connectivity index (χ0v) is 12.0. The van der Waals surface area contributed by atoms with Gasteiger partial charge < -0.3 is 0 Å². The minimum absolute atomic E-state index is 0.0167. The van der Waals surface area contributed by atoms with Crippen LogP contribution in [0.15, 0.2) is 10.9 Å². The van der Waals surface area contributed by atoms with Gasteiger partial charge in [0.25, 0.3) is 5.56 Å². The summed E-state index contributed by atoms with van der Waals surface area (Å²) in [6, 6.07) is 1.97. The Balaban J connectivity index is 2.79. The molecule has 2 heterocycles. The summed E-state index contributed by atoms with van der Waals surface area (Å²) >= 11 is 0. The van der Waals surface area contributed by atoms with Crippen molar-refractivity contribution in [3.8, 4) is 0 Å². The van der Waals surface area contributed by atoms with Crippen molar-refractivity contribution in [1.82, 2.24) is 14.6 Å². The normalized spacial score (nSPS) is 12.6. The molecule has 0 aliphatic heterocycles. The minimum Gasteiger partial charge on any atom is -0.276 e. The van der Waals surface area contributed by atoms with Crippen molar-refractivity contribution in [2.24, 2.45) is 0 Å². The molecule has 0 bridgehead atoms. The molecule has 0 aliphatic carbocycles. The van der Waals surface area contributed by atoms with E-state index in [1.54, 1.807) is 4.52 Å². The molecule has 18 heavy (non-hydrogen) atoms. The van der Waals surface area contributed by atoms with E-state index < -0.39 is 0 Å². The van der Waals surface area contributed by atoms with Crippen LogP contribution in [0, 0.1) is 6.92 Å². The predicted octanol–water partition coefficient (Wildman–Crippen LogP) is 2.75. The Labute approximate surface area is 107 Å². The molecule has 2 rings (SSSR count). The molecule has 0 amide bonds.